The van der Waals surface area contributed by atoms with E-state index in [2.05, 4.69) is 34.4 Å². The summed E-state index contributed by atoms with van der Waals surface area (Å²) in [5, 5.41) is 9.34. The lowest BCUT2D eigenvalue weighted by Gasteiger charge is -2.43. The number of H-pyrrole nitrogens is 1. The quantitative estimate of drug-likeness (QED) is 0.609. The van der Waals surface area contributed by atoms with E-state index in [1.165, 1.54) is 32.1 Å². The molecule has 0 aliphatic heterocycles. The van der Waals surface area contributed by atoms with E-state index in [0.29, 0.717) is 23.5 Å². The third-order valence-electron chi connectivity index (χ3n) is 8.13. The number of likely N-dealkylation sites (N-methyl/N-ethyl adjacent to an activating group) is 1. The summed E-state index contributed by atoms with van der Waals surface area (Å²) in [7, 11) is 4.24. The summed E-state index contributed by atoms with van der Waals surface area (Å²) in [6, 6.07) is 4.20. The molecule has 1 aromatic carbocycles. The van der Waals surface area contributed by atoms with Crippen LogP contribution in [0.3, 0.4) is 0 Å². The molecule has 0 radical (unpaired) electrons. The summed E-state index contributed by atoms with van der Waals surface area (Å²) in [6.45, 7) is 2.59. The number of aromatic amines is 1. The number of aromatic nitrogens is 3. The van der Waals surface area contributed by atoms with Crippen LogP contribution in [0, 0.1) is 6.92 Å². The van der Waals surface area contributed by atoms with Crippen LogP contribution in [0.15, 0.2) is 23.1 Å². The van der Waals surface area contributed by atoms with Crippen molar-refractivity contribution < 1.29 is 4.79 Å². The predicted molar refractivity (Wildman–Crippen MR) is 132 cm³/mol. The van der Waals surface area contributed by atoms with Crippen LogP contribution in [0.1, 0.15) is 79.8 Å². The van der Waals surface area contributed by atoms with E-state index in [9.17, 15) is 9.59 Å². The molecule has 3 aromatic rings. The van der Waals surface area contributed by atoms with Gasteiger partial charge in [0.1, 0.15) is 0 Å². The van der Waals surface area contributed by atoms with E-state index in [1.54, 1.807) is 6.20 Å². The maximum absolute atomic E-state index is 13.4. The Hall–Kier alpha value is -2.67. The van der Waals surface area contributed by atoms with Crippen LogP contribution in [-0.4, -0.2) is 51.8 Å². The molecule has 2 fully saturated rings. The van der Waals surface area contributed by atoms with Crippen LogP contribution in [0.25, 0.3) is 21.8 Å². The van der Waals surface area contributed by atoms with Gasteiger partial charge in [-0.1, -0.05) is 32.1 Å². The largest absolute Gasteiger partial charge is 0.350 e. The molecule has 0 bridgehead atoms. The number of nitrogens with one attached hydrogen (secondary N) is 2. The highest BCUT2D eigenvalue weighted by Gasteiger charge is 2.34. The van der Waals surface area contributed by atoms with Gasteiger partial charge in [-0.3, -0.25) is 14.3 Å². The van der Waals surface area contributed by atoms with Crippen LogP contribution in [-0.2, 0) is 0 Å². The Kier molecular flexibility index (Phi) is 5.77. The van der Waals surface area contributed by atoms with E-state index >= 15 is 0 Å². The van der Waals surface area contributed by atoms with Crippen molar-refractivity contribution in [2.24, 2.45) is 0 Å². The zero-order chi connectivity index (χ0) is 23.2. The van der Waals surface area contributed by atoms with Gasteiger partial charge in [-0.05, 0) is 64.4 Å². The highest BCUT2D eigenvalue weighted by molar-refractivity contribution is 6.07. The number of fused-ring (bicyclic) bond motifs is 3. The first kappa shape index (κ1) is 22.1. The molecule has 0 unspecified atom stereocenters. The normalized spacial score (nSPS) is 19.0. The molecule has 7 heteroatoms. The third kappa shape index (κ3) is 3.86. The van der Waals surface area contributed by atoms with Crippen molar-refractivity contribution >= 4 is 27.7 Å². The van der Waals surface area contributed by atoms with E-state index in [-0.39, 0.29) is 17.0 Å². The number of carbonyl (C=O) groups excluding carboxylic acids is 1. The first-order valence-corrected chi connectivity index (χ1v) is 12.4. The molecule has 7 nitrogen and oxygen atoms in total. The fraction of sp³-hybridized carbons (Fsp3) is 0.577. The number of pyridine rings is 1. The van der Waals surface area contributed by atoms with Crippen molar-refractivity contribution in [3.8, 4) is 0 Å². The zero-order valence-corrected chi connectivity index (χ0v) is 20.0. The highest BCUT2D eigenvalue weighted by Crippen LogP contribution is 2.34. The van der Waals surface area contributed by atoms with Gasteiger partial charge in [-0.2, -0.15) is 5.10 Å². The zero-order valence-electron chi connectivity index (χ0n) is 20.0. The smallest absolute Gasteiger partial charge is 0.259 e. The summed E-state index contributed by atoms with van der Waals surface area (Å²) in [6.07, 6.45) is 12.1. The minimum absolute atomic E-state index is 0.0261. The highest BCUT2D eigenvalue weighted by atomic mass is 16.1. The summed E-state index contributed by atoms with van der Waals surface area (Å²) in [4.78, 5) is 31.4. The average molecular weight is 450 g/mol. The molecule has 2 aromatic heterocycles. The fourth-order valence-corrected chi connectivity index (χ4v) is 6.00. The molecule has 5 rings (SSSR count). The van der Waals surface area contributed by atoms with Gasteiger partial charge in [-0.15, -0.1) is 0 Å². The maximum Gasteiger partial charge on any atom is 0.259 e. The number of hydrogen-bond acceptors (Lipinski definition) is 4. The summed E-state index contributed by atoms with van der Waals surface area (Å²) in [5.74, 6) is -0.0486. The lowest BCUT2D eigenvalue weighted by atomic mass is 9.80. The van der Waals surface area contributed by atoms with Crippen molar-refractivity contribution in [1.82, 2.24) is 25.0 Å². The van der Waals surface area contributed by atoms with Crippen LogP contribution >= 0.6 is 0 Å². The molecule has 2 saturated carbocycles. The van der Waals surface area contributed by atoms with E-state index < -0.39 is 0 Å². The van der Waals surface area contributed by atoms with Crippen molar-refractivity contribution in [1.29, 1.82) is 0 Å². The number of aryl methyl sites for hydroxylation is 1. The molecule has 2 N–H and O–H groups in total. The number of carbonyl (C=O) groups is 1. The van der Waals surface area contributed by atoms with Gasteiger partial charge in [0.15, 0.2) is 0 Å². The van der Waals surface area contributed by atoms with Gasteiger partial charge in [0.2, 0.25) is 0 Å². The second-order valence-corrected chi connectivity index (χ2v) is 10.3. The molecule has 0 saturated heterocycles. The molecule has 0 spiro atoms. The molecule has 2 aliphatic carbocycles. The monoisotopic (exact) mass is 449 g/mol. The summed E-state index contributed by atoms with van der Waals surface area (Å²) in [5.41, 5.74) is 3.05. The van der Waals surface area contributed by atoms with Crippen molar-refractivity contribution in [2.45, 2.75) is 76.3 Å². The Morgan fingerprint density at radius 2 is 1.88 bits per heavy atom. The Balaban J connectivity index is 1.53. The molecule has 2 aliphatic rings. The van der Waals surface area contributed by atoms with Crippen molar-refractivity contribution in [3.63, 3.8) is 0 Å². The Bertz CT molecular complexity index is 1240. The van der Waals surface area contributed by atoms with E-state index in [4.69, 9.17) is 0 Å². The van der Waals surface area contributed by atoms with Crippen LogP contribution in [0.5, 0.6) is 0 Å². The number of rotatable bonds is 5. The van der Waals surface area contributed by atoms with Gasteiger partial charge in [0, 0.05) is 23.0 Å². The average Bonchev–Trinajstić information content (AvgIpc) is 3.48. The van der Waals surface area contributed by atoms with Crippen LogP contribution < -0.4 is 10.9 Å². The molecule has 33 heavy (non-hydrogen) atoms. The Labute approximate surface area is 194 Å². The number of benzene rings is 1. The number of hydrogen-bond donors (Lipinski definition) is 2. The van der Waals surface area contributed by atoms with E-state index in [0.717, 1.165) is 47.7 Å². The molecular formula is C26H35N5O2. The van der Waals surface area contributed by atoms with Gasteiger partial charge >= 0.3 is 0 Å². The molecule has 1 amide bonds. The van der Waals surface area contributed by atoms with Crippen molar-refractivity contribution in [2.75, 3.05) is 20.6 Å². The summed E-state index contributed by atoms with van der Waals surface area (Å²) >= 11 is 0. The topological polar surface area (TPSA) is 83.0 Å². The van der Waals surface area contributed by atoms with Crippen molar-refractivity contribution in [3.05, 3.63) is 39.8 Å². The second-order valence-electron chi connectivity index (χ2n) is 10.3. The van der Waals surface area contributed by atoms with Gasteiger partial charge < -0.3 is 15.2 Å². The fourth-order valence-electron chi connectivity index (χ4n) is 6.00. The molecule has 0 atom stereocenters. The van der Waals surface area contributed by atoms with Gasteiger partial charge in [-0.25, -0.2) is 0 Å². The summed E-state index contributed by atoms with van der Waals surface area (Å²) < 4.78 is 2.03. The minimum atomic E-state index is -0.122. The molecule has 176 valence electrons. The van der Waals surface area contributed by atoms with E-state index in [1.807, 2.05) is 23.7 Å². The number of amides is 1. The standard InChI is InChI=1S/C26H35N5O2/c1-17-13-22-20(23-21(25(33)29-22)15-28-31(23)18-9-5-6-10-18)14-19(17)24(32)27-16-26(30(2)3)11-7-4-8-12-26/h13-15,18H,4-12,16H2,1-3H3,(H,27,32)(H,29,33). The number of nitrogens with zero attached hydrogens (tertiary/aromatic N) is 3. The maximum atomic E-state index is 13.4. The lowest BCUT2D eigenvalue weighted by molar-refractivity contribution is 0.0799. The molecule has 2 heterocycles. The molecular weight excluding hydrogens is 414 g/mol. The second kappa shape index (κ2) is 8.60. The SMILES string of the molecule is Cc1cc2[nH]c(=O)c3cnn(C4CCCC4)c3c2cc1C(=O)NCC1(N(C)C)CCCCC1. The van der Waals surface area contributed by atoms with Gasteiger partial charge in [0.25, 0.3) is 11.5 Å². The Morgan fingerprint density at radius 1 is 1.15 bits per heavy atom. The van der Waals surface area contributed by atoms with Gasteiger partial charge in [0.05, 0.1) is 28.7 Å². The van der Waals surface area contributed by atoms with Crippen LogP contribution in [0.4, 0.5) is 0 Å². The predicted octanol–water partition coefficient (Wildman–Crippen LogP) is 4.30. The lowest BCUT2D eigenvalue weighted by Crippen LogP contribution is -2.53. The minimum Gasteiger partial charge on any atom is -0.350 e. The van der Waals surface area contributed by atoms with Crippen LogP contribution in [0.2, 0.25) is 0 Å². The first-order valence-electron chi connectivity index (χ1n) is 12.4. The first-order chi connectivity index (χ1) is 15.9. The Morgan fingerprint density at radius 3 is 2.58 bits per heavy atom. The third-order valence-corrected chi connectivity index (χ3v) is 8.13.